The van der Waals surface area contributed by atoms with Crippen molar-refractivity contribution >= 4 is 5.91 Å². The summed E-state index contributed by atoms with van der Waals surface area (Å²) in [5.74, 6) is 0.145. The first-order chi connectivity index (χ1) is 7.00. The first kappa shape index (κ1) is 12.5. The van der Waals surface area contributed by atoms with E-state index in [4.69, 9.17) is 10.5 Å². The second-order valence-corrected chi connectivity index (χ2v) is 4.68. The van der Waals surface area contributed by atoms with Crippen molar-refractivity contribution in [1.29, 1.82) is 0 Å². The van der Waals surface area contributed by atoms with E-state index in [1.807, 2.05) is 20.8 Å². The van der Waals surface area contributed by atoms with Gasteiger partial charge in [-0.2, -0.15) is 0 Å². The molecule has 1 heterocycles. The van der Waals surface area contributed by atoms with Gasteiger partial charge in [0.05, 0.1) is 12.1 Å². The number of nitrogens with one attached hydrogen (secondary N) is 1. The van der Waals surface area contributed by atoms with E-state index in [-0.39, 0.29) is 24.0 Å². The minimum atomic E-state index is -0.400. The van der Waals surface area contributed by atoms with Gasteiger partial charge in [0.25, 0.3) is 0 Å². The van der Waals surface area contributed by atoms with Gasteiger partial charge >= 0.3 is 0 Å². The number of hydrogen-bond acceptors (Lipinski definition) is 3. The van der Waals surface area contributed by atoms with E-state index < -0.39 is 6.04 Å². The molecule has 3 atom stereocenters. The van der Waals surface area contributed by atoms with Crippen molar-refractivity contribution in [3.8, 4) is 0 Å². The zero-order chi connectivity index (χ0) is 11.4. The third kappa shape index (κ3) is 3.80. The fraction of sp³-hybridized carbons (Fsp3) is 0.909. The van der Waals surface area contributed by atoms with Gasteiger partial charge in [-0.15, -0.1) is 0 Å². The molecule has 0 saturated carbocycles. The normalized spacial score (nSPS) is 28.9. The Balaban J connectivity index is 2.37. The number of ether oxygens (including phenoxy) is 1. The highest BCUT2D eigenvalue weighted by Crippen LogP contribution is 2.13. The molecule has 88 valence electrons. The maximum absolute atomic E-state index is 11.7. The molecule has 1 rings (SSSR count). The minimum absolute atomic E-state index is 0.0379. The van der Waals surface area contributed by atoms with Crippen LogP contribution < -0.4 is 11.1 Å². The number of hydrogen-bond donors (Lipinski definition) is 2. The Bertz CT molecular complexity index is 219. The smallest absolute Gasteiger partial charge is 0.237 e. The maximum Gasteiger partial charge on any atom is 0.237 e. The van der Waals surface area contributed by atoms with Crippen LogP contribution in [0.3, 0.4) is 0 Å². The Kier molecular flexibility index (Phi) is 4.54. The van der Waals surface area contributed by atoms with Gasteiger partial charge in [-0.25, -0.2) is 0 Å². The number of nitrogens with two attached hydrogens (primary N) is 1. The Morgan fingerprint density at radius 1 is 1.53 bits per heavy atom. The van der Waals surface area contributed by atoms with Crippen LogP contribution in [-0.2, 0) is 9.53 Å². The van der Waals surface area contributed by atoms with Gasteiger partial charge in [0, 0.05) is 12.6 Å². The lowest BCUT2D eigenvalue weighted by Crippen LogP contribution is -2.50. The molecule has 0 spiro atoms. The monoisotopic (exact) mass is 214 g/mol. The molecular weight excluding hydrogens is 192 g/mol. The molecule has 0 aromatic rings. The number of carbonyl (C=O) groups is 1. The van der Waals surface area contributed by atoms with E-state index in [1.54, 1.807) is 0 Å². The second kappa shape index (κ2) is 5.47. The Hall–Kier alpha value is -0.610. The zero-order valence-corrected chi connectivity index (χ0v) is 9.82. The van der Waals surface area contributed by atoms with E-state index in [9.17, 15) is 4.79 Å². The first-order valence-electron chi connectivity index (χ1n) is 5.68. The fourth-order valence-electron chi connectivity index (χ4n) is 1.73. The van der Waals surface area contributed by atoms with Crippen LogP contribution in [0.1, 0.15) is 33.6 Å². The molecule has 2 unspecified atom stereocenters. The zero-order valence-electron chi connectivity index (χ0n) is 9.82. The quantitative estimate of drug-likeness (QED) is 0.725. The molecule has 1 saturated heterocycles. The lowest BCUT2D eigenvalue weighted by molar-refractivity contribution is -0.124. The molecule has 4 nitrogen and oxygen atoms in total. The van der Waals surface area contributed by atoms with Crippen LogP contribution in [0.25, 0.3) is 0 Å². The van der Waals surface area contributed by atoms with Crippen molar-refractivity contribution in [2.75, 3.05) is 6.61 Å². The van der Waals surface area contributed by atoms with Crippen molar-refractivity contribution in [1.82, 2.24) is 5.32 Å². The molecule has 0 aliphatic carbocycles. The molecule has 15 heavy (non-hydrogen) atoms. The highest BCUT2D eigenvalue weighted by Gasteiger charge is 2.24. The van der Waals surface area contributed by atoms with Gasteiger partial charge in [0.1, 0.15) is 0 Å². The summed E-state index contributed by atoms with van der Waals surface area (Å²) in [6.45, 7) is 6.66. The van der Waals surface area contributed by atoms with Gasteiger partial charge in [0.2, 0.25) is 5.91 Å². The van der Waals surface area contributed by atoms with E-state index in [0.717, 1.165) is 19.4 Å². The van der Waals surface area contributed by atoms with Gasteiger partial charge < -0.3 is 15.8 Å². The minimum Gasteiger partial charge on any atom is -0.378 e. The molecule has 3 N–H and O–H groups in total. The average molecular weight is 214 g/mol. The van der Waals surface area contributed by atoms with Crippen molar-refractivity contribution < 1.29 is 9.53 Å². The van der Waals surface area contributed by atoms with Crippen molar-refractivity contribution in [2.45, 2.75) is 51.8 Å². The first-order valence-corrected chi connectivity index (χ1v) is 5.68. The summed E-state index contributed by atoms with van der Waals surface area (Å²) in [4.78, 5) is 11.7. The fourth-order valence-corrected chi connectivity index (χ4v) is 1.73. The lowest BCUT2D eigenvalue weighted by atomic mass is 10.0. The SMILES string of the molecule is CC1CC(NC(=O)[C@@H](N)C(C)C)CCO1. The largest absolute Gasteiger partial charge is 0.378 e. The number of amides is 1. The topological polar surface area (TPSA) is 64.4 Å². The molecule has 1 aliphatic rings. The Morgan fingerprint density at radius 3 is 2.73 bits per heavy atom. The third-order valence-electron chi connectivity index (χ3n) is 2.85. The molecule has 0 radical (unpaired) electrons. The summed E-state index contributed by atoms with van der Waals surface area (Å²) in [5.41, 5.74) is 5.77. The average Bonchev–Trinajstić information content (AvgIpc) is 2.16. The Morgan fingerprint density at radius 2 is 2.20 bits per heavy atom. The summed E-state index contributed by atoms with van der Waals surface area (Å²) >= 11 is 0. The van der Waals surface area contributed by atoms with Gasteiger partial charge in [-0.05, 0) is 25.7 Å². The molecule has 0 aromatic heterocycles. The van der Waals surface area contributed by atoms with Gasteiger partial charge in [-0.1, -0.05) is 13.8 Å². The summed E-state index contributed by atoms with van der Waals surface area (Å²) in [6, 6.07) is -0.172. The summed E-state index contributed by atoms with van der Waals surface area (Å²) in [5, 5.41) is 2.99. The molecule has 0 aromatic carbocycles. The van der Waals surface area contributed by atoms with Gasteiger partial charge in [-0.3, -0.25) is 4.79 Å². The van der Waals surface area contributed by atoms with Crippen LogP contribution in [0, 0.1) is 5.92 Å². The van der Waals surface area contributed by atoms with Crippen LogP contribution in [0.15, 0.2) is 0 Å². The number of carbonyl (C=O) groups excluding carboxylic acids is 1. The maximum atomic E-state index is 11.7. The molecule has 0 bridgehead atoms. The second-order valence-electron chi connectivity index (χ2n) is 4.68. The standard InChI is InChI=1S/C11H22N2O2/c1-7(2)10(12)11(14)13-9-4-5-15-8(3)6-9/h7-10H,4-6,12H2,1-3H3,(H,13,14)/t8?,9?,10-/m0/s1. The molecular formula is C11H22N2O2. The van der Waals surface area contributed by atoms with E-state index in [1.165, 1.54) is 0 Å². The molecule has 1 aliphatic heterocycles. The lowest BCUT2D eigenvalue weighted by Gasteiger charge is -2.29. The van der Waals surface area contributed by atoms with Crippen LogP contribution >= 0.6 is 0 Å². The van der Waals surface area contributed by atoms with Crippen LogP contribution in [0.2, 0.25) is 0 Å². The van der Waals surface area contributed by atoms with Gasteiger partial charge in [0.15, 0.2) is 0 Å². The molecule has 4 heteroatoms. The van der Waals surface area contributed by atoms with Crippen molar-refractivity contribution in [3.63, 3.8) is 0 Å². The summed E-state index contributed by atoms with van der Waals surface area (Å²) in [6.07, 6.45) is 2.01. The van der Waals surface area contributed by atoms with Crippen LogP contribution in [-0.4, -0.2) is 30.7 Å². The third-order valence-corrected chi connectivity index (χ3v) is 2.85. The van der Waals surface area contributed by atoms with E-state index in [2.05, 4.69) is 5.32 Å². The summed E-state index contributed by atoms with van der Waals surface area (Å²) < 4.78 is 5.41. The Labute approximate surface area is 91.5 Å². The van der Waals surface area contributed by atoms with E-state index in [0.29, 0.717) is 0 Å². The molecule has 1 fully saturated rings. The van der Waals surface area contributed by atoms with Crippen LogP contribution in [0.5, 0.6) is 0 Å². The highest BCUT2D eigenvalue weighted by molar-refractivity contribution is 5.82. The predicted octanol–water partition coefficient (Wildman–Crippen LogP) is 0.653. The van der Waals surface area contributed by atoms with Crippen molar-refractivity contribution in [3.05, 3.63) is 0 Å². The summed E-state index contributed by atoms with van der Waals surface area (Å²) in [7, 11) is 0. The van der Waals surface area contributed by atoms with Crippen molar-refractivity contribution in [2.24, 2.45) is 11.7 Å². The van der Waals surface area contributed by atoms with Crippen LogP contribution in [0.4, 0.5) is 0 Å². The predicted molar refractivity (Wildman–Crippen MR) is 59.4 cm³/mol. The van der Waals surface area contributed by atoms with E-state index >= 15 is 0 Å². The molecule has 1 amide bonds. The highest BCUT2D eigenvalue weighted by atomic mass is 16.5. The number of rotatable bonds is 3.